The predicted molar refractivity (Wildman–Crippen MR) is 169 cm³/mol. The Balaban J connectivity index is 1.43. The van der Waals surface area contributed by atoms with E-state index in [2.05, 4.69) is 31.4 Å². The maximum absolute atomic E-state index is 14.7. The summed E-state index contributed by atoms with van der Waals surface area (Å²) in [6, 6.07) is 19.3. The van der Waals surface area contributed by atoms with Gasteiger partial charge in [0.1, 0.15) is 17.3 Å². The lowest BCUT2D eigenvalue weighted by Gasteiger charge is -2.14. The van der Waals surface area contributed by atoms with Gasteiger partial charge in [-0.25, -0.2) is 14.6 Å². The third-order valence-electron chi connectivity index (χ3n) is 6.60. The number of amides is 1. The number of nitrogens with zero attached hydrogens (tertiary/aromatic N) is 1. The molecule has 44 heavy (non-hydrogen) atoms. The van der Waals surface area contributed by atoms with Crippen LogP contribution in [0.4, 0.5) is 4.39 Å². The summed E-state index contributed by atoms with van der Waals surface area (Å²) in [7, 11) is 4.33. The minimum absolute atomic E-state index is 0.0682. The summed E-state index contributed by atoms with van der Waals surface area (Å²) in [6.45, 7) is 0. The number of H-pyrrole nitrogens is 1. The van der Waals surface area contributed by atoms with Crippen LogP contribution >= 0.6 is 27.5 Å². The highest BCUT2D eigenvalue weighted by Crippen LogP contribution is 2.39. The third kappa shape index (κ3) is 6.10. The summed E-state index contributed by atoms with van der Waals surface area (Å²) in [6.07, 6.45) is 1.32. The number of aromatic amines is 1. The number of methoxy groups -OCH3 is 3. The third-order valence-corrected chi connectivity index (χ3v) is 7.42. The second kappa shape index (κ2) is 13.2. The standard InChI is InChI=1S/C32H24BrClFN3O6/c1-41-25-14-17(15-26(42-2)30(25)43-3)32(40)44-24-12-11-19(33)13-18(24)16-36-38-31(39)29-27(20-7-4-5-9-22(20)34)21-8-6-10-23(35)28(21)37-29/h4-16,37H,1-3H3,(H,38,39). The van der Waals surface area contributed by atoms with E-state index in [1.165, 1.54) is 45.7 Å². The molecule has 0 atom stereocenters. The van der Waals surface area contributed by atoms with E-state index < -0.39 is 17.7 Å². The largest absolute Gasteiger partial charge is 0.493 e. The molecule has 12 heteroatoms. The van der Waals surface area contributed by atoms with E-state index in [-0.39, 0.29) is 34.0 Å². The minimum Gasteiger partial charge on any atom is -0.493 e. The Morgan fingerprint density at radius 3 is 2.34 bits per heavy atom. The van der Waals surface area contributed by atoms with E-state index in [0.717, 1.165) is 0 Å². The molecule has 1 heterocycles. The second-order valence-electron chi connectivity index (χ2n) is 9.20. The van der Waals surface area contributed by atoms with Crippen molar-refractivity contribution >= 4 is 56.5 Å². The normalized spacial score (nSPS) is 11.0. The van der Waals surface area contributed by atoms with E-state index in [4.69, 9.17) is 30.5 Å². The zero-order valence-electron chi connectivity index (χ0n) is 23.5. The van der Waals surface area contributed by atoms with E-state index in [0.29, 0.717) is 37.3 Å². The molecule has 1 aromatic heterocycles. The number of hydrogen-bond acceptors (Lipinski definition) is 7. The smallest absolute Gasteiger partial charge is 0.343 e. The molecule has 0 bridgehead atoms. The van der Waals surface area contributed by atoms with Gasteiger partial charge in [-0.05, 0) is 42.5 Å². The molecule has 0 fully saturated rings. The molecule has 0 saturated heterocycles. The fourth-order valence-corrected chi connectivity index (χ4v) is 5.19. The van der Waals surface area contributed by atoms with Crippen molar-refractivity contribution in [2.45, 2.75) is 0 Å². The molecule has 224 valence electrons. The molecule has 4 aromatic carbocycles. The Bertz CT molecular complexity index is 1900. The van der Waals surface area contributed by atoms with E-state index in [1.807, 2.05) is 0 Å². The number of para-hydroxylation sites is 1. The van der Waals surface area contributed by atoms with Crippen molar-refractivity contribution < 1.29 is 32.9 Å². The first-order chi connectivity index (χ1) is 21.2. The molecule has 5 aromatic rings. The van der Waals surface area contributed by atoms with Crippen LogP contribution < -0.4 is 24.4 Å². The van der Waals surface area contributed by atoms with Gasteiger partial charge in [0, 0.05) is 31.6 Å². The Labute approximate surface area is 264 Å². The van der Waals surface area contributed by atoms with Crippen LogP contribution in [0.2, 0.25) is 5.02 Å². The fourth-order valence-electron chi connectivity index (χ4n) is 4.58. The van der Waals surface area contributed by atoms with Crippen molar-refractivity contribution in [3.05, 3.63) is 105 Å². The molecule has 0 aliphatic rings. The number of aromatic nitrogens is 1. The minimum atomic E-state index is -0.699. The average molecular weight is 681 g/mol. The number of fused-ring (bicyclic) bond motifs is 1. The monoisotopic (exact) mass is 679 g/mol. The molecular formula is C32H24BrClFN3O6. The van der Waals surface area contributed by atoms with Crippen molar-refractivity contribution in [2.24, 2.45) is 5.10 Å². The number of ether oxygens (including phenoxy) is 4. The van der Waals surface area contributed by atoms with Crippen molar-refractivity contribution in [3.63, 3.8) is 0 Å². The molecule has 0 saturated carbocycles. The number of halogens is 3. The van der Waals surface area contributed by atoms with E-state index >= 15 is 0 Å². The van der Waals surface area contributed by atoms with Gasteiger partial charge in [-0.2, -0.15) is 5.10 Å². The lowest BCUT2D eigenvalue weighted by molar-refractivity contribution is 0.0733. The predicted octanol–water partition coefficient (Wildman–Crippen LogP) is 7.40. The molecule has 9 nitrogen and oxygen atoms in total. The molecule has 0 aliphatic carbocycles. The first-order valence-electron chi connectivity index (χ1n) is 13.0. The molecule has 5 rings (SSSR count). The van der Waals surface area contributed by atoms with Gasteiger partial charge in [0.2, 0.25) is 5.75 Å². The number of nitrogens with one attached hydrogen (secondary N) is 2. The molecule has 1 amide bonds. The summed E-state index contributed by atoms with van der Waals surface area (Å²) < 4.78 is 37.0. The summed E-state index contributed by atoms with van der Waals surface area (Å²) >= 11 is 9.85. The van der Waals surface area contributed by atoms with Crippen molar-refractivity contribution in [3.8, 4) is 34.1 Å². The maximum Gasteiger partial charge on any atom is 0.343 e. The number of hydrazone groups is 1. The zero-order valence-corrected chi connectivity index (χ0v) is 25.9. The van der Waals surface area contributed by atoms with Crippen LogP contribution in [0.25, 0.3) is 22.0 Å². The number of rotatable bonds is 9. The highest BCUT2D eigenvalue weighted by Gasteiger charge is 2.23. The van der Waals surface area contributed by atoms with Gasteiger partial charge in [0.05, 0.1) is 38.6 Å². The number of carbonyl (C=O) groups excluding carboxylic acids is 2. The topological polar surface area (TPSA) is 111 Å². The van der Waals surface area contributed by atoms with Gasteiger partial charge in [-0.1, -0.05) is 57.9 Å². The lowest BCUT2D eigenvalue weighted by Crippen LogP contribution is -2.19. The van der Waals surface area contributed by atoms with Crippen LogP contribution in [-0.2, 0) is 0 Å². The quantitative estimate of drug-likeness (QED) is 0.0727. The van der Waals surface area contributed by atoms with Crippen molar-refractivity contribution in [2.75, 3.05) is 21.3 Å². The van der Waals surface area contributed by atoms with Gasteiger partial charge in [-0.15, -0.1) is 0 Å². The summed E-state index contributed by atoms with van der Waals surface area (Å²) in [5, 5.41) is 4.96. The number of benzene rings is 4. The molecule has 0 spiro atoms. The van der Waals surface area contributed by atoms with Gasteiger partial charge in [0.25, 0.3) is 5.91 Å². The van der Waals surface area contributed by atoms with Crippen LogP contribution in [0.15, 0.2) is 82.4 Å². The SMILES string of the molecule is COc1cc(C(=O)Oc2ccc(Br)cc2C=NNC(=O)c2[nH]c3c(F)cccc3c2-c2ccccc2Cl)cc(OC)c1OC. The van der Waals surface area contributed by atoms with Gasteiger partial charge < -0.3 is 23.9 Å². The van der Waals surface area contributed by atoms with Crippen LogP contribution in [0.1, 0.15) is 26.4 Å². The van der Waals surface area contributed by atoms with Gasteiger partial charge in [0.15, 0.2) is 11.5 Å². The van der Waals surface area contributed by atoms with Crippen molar-refractivity contribution in [1.82, 2.24) is 10.4 Å². The first-order valence-corrected chi connectivity index (χ1v) is 14.1. The zero-order chi connectivity index (χ0) is 31.4. The number of carbonyl (C=O) groups is 2. The lowest BCUT2D eigenvalue weighted by atomic mass is 10.0. The summed E-state index contributed by atoms with van der Waals surface area (Å²) in [5.74, 6) is -0.804. The molecular weight excluding hydrogens is 657 g/mol. The molecule has 0 unspecified atom stereocenters. The van der Waals surface area contributed by atoms with Crippen LogP contribution in [-0.4, -0.2) is 44.4 Å². The van der Waals surface area contributed by atoms with Gasteiger partial charge in [-0.3, -0.25) is 4.79 Å². The molecule has 2 N–H and O–H groups in total. The Morgan fingerprint density at radius 1 is 0.932 bits per heavy atom. The van der Waals surface area contributed by atoms with E-state index in [9.17, 15) is 14.0 Å². The number of esters is 1. The highest BCUT2D eigenvalue weighted by atomic mass is 79.9. The average Bonchev–Trinajstić information content (AvgIpc) is 3.42. The maximum atomic E-state index is 14.7. The van der Waals surface area contributed by atoms with Crippen LogP contribution in [0.5, 0.6) is 23.0 Å². The van der Waals surface area contributed by atoms with E-state index in [1.54, 1.807) is 54.6 Å². The summed E-state index contributed by atoms with van der Waals surface area (Å²) in [4.78, 5) is 29.4. The van der Waals surface area contributed by atoms with Gasteiger partial charge >= 0.3 is 5.97 Å². The molecule has 0 aliphatic heterocycles. The summed E-state index contributed by atoms with van der Waals surface area (Å²) in [5.41, 5.74) is 4.19. The first kappa shape index (κ1) is 30.6. The Morgan fingerprint density at radius 2 is 1.66 bits per heavy atom. The second-order valence-corrected chi connectivity index (χ2v) is 10.5. The Kier molecular flexibility index (Phi) is 9.17. The Hall–Kier alpha value is -4.87. The fraction of sp³-hybridized carbons (Fsp3) is 0.0938. The van der Waals surface area contributed by atoms with Crippen LogP contribution in [0.3, 0.4) is 0 Å². The van der Waals surface area contributed by atoms with Crippen molar-refractivity contribution in [1.29, 1.82) is 0 Å². The van der Waals surface area contributed by atoms with Crippen LogP contribution in [0, 0.1) is 5.82 Å². The highest BCUT2D eigenvalue weighted by molar-refractivity contribution is 9.10. The number of hydrogen-bond donors (Lipinski definition) is 2. The molecule has 0 radical (unpaired) electrons.